The Labute approximate surface area is 97.8 Å². The fraction of sp³-hybridized carbons (Fsp3) is 0.500. The maximum atomic E-state index is 12.5. The van der Waals surface area contributed by atoms with Crippen molar-refractivity contribution in [3.63, 3.8) is 0 Å². The van der Waals surface area contributed by atoms with Crippen molar-refractivity contribution in [2.24, 2.45) is 0 Å². The van der Waals surface area contributed by atoms with Crippen LogP contribution in [0.4, 0.5) is 13.2 Å². The Bertz CT molecular complexity index is 397. The second kappa shape index (κ2) is 4.56. The molecule has 1 aromatic carbocycles. The SMILES string of the molecule is COc1cc(C(F)(F)F)ccc1[C@@H]1CCCN1. The van der Waals surface area contributed by atoms with E-state index in [1.54, 1.807) is 0 Å². The van der Waals surface area contributed by atoms with Crippen LogP contribution < -0.4 is 10.1 Å². The first-order valence-electron chi connectivity index (χ1n) is 5.51. The quantitative estimate of drug-likeness (QED) is 0.864. The smallest absolute Gasteiger partial charge is 0.416 e. The molecule has 1 heterocycles. The lowest BCUT2D eigenvalue weighted by atomic mass is 10.0. The predicted molar refractivity (Wildman–Crippen MR) is 58.0 cm³/mol. The number of nitrogens with one attached hydrogen (secondary N) is 1. The van der Waals surface area contributed by atoms with Crippen molar-refractivity contribution < 1.29 is 17.9 Å². The third kappa shape index (κ3) is 2.54. The molecule has 17 heavy (non-hydrogen) atoms. The molecule has 0 unspecified atom stereocenters. The topological polar surface area (TPSA) is 21.3 Å². The molecule has 1 aliphatic rings. The van der Waals surface area contributed by atoms with E-state index in [1.165, 1.54) is 13.2 Å². The summed E-state index contributed by atoms with van der Waals surface area (Å²) < 4.78 is 42.7. The Morgan fingerprint density at radius 3 is 2.65 bits per heavy atom. The maximum Gasteiger partial charge on any atom is 0.416 e. The number of benzene rings is 1. The average molecular weight is 245 g/mol. The Morgan fingerprint density at radius 2 is 2.12 bits per heavy atom. The van der Waals surface area contributed by atoms with Crippen LogP contribution in [-0.2, 0) is 6.18 Å². The summed E-state index contributed by atoms with van der Waals surface area (Å²) in [5.41, 5.74) is 0.133. The molecule has 94 valence electrons. The molecule has 2 nitrogen and oxygen atoms in total. The highest BCUT2D eigenvalue weighted by molar-refractivity contribution is 5.41. The lowest BCUT2D eigenvalue weighted by Crippen LogP contribution is -2.14. The predicted octanol–water partition coefficient (Wildman–Crippen LogP) is 3.14. The van der Waals surface area contributed by atoms with Gasteiger partial charge >= 0.3 is 6.18 Å². The fourth-order valence-electron chi connectivity index (χ4n) is 2.13. The van der Waals surface area contributed by atoms with E-state index in [0.717, 1.165) is 37.1 Å². The molecule has 0 spiro atoms. The van der Waals surface area contributed by atoms with Gasteiger partial charge in [0.2, 0.25) is 0 Å². The van der Waals surface area contributed by atoms with E-state index < -0.39 is 11.7 Å². The van der Waals surface area contributed by atoms with Crippen LogP contribution in [0.2, 0.25) is 0 Å². The van der Waals surface area contributed by atoms with Gasteiger partial charge in [-0.25, -0.2) is 0 Å². The van der Waals surface area contributed by atoms with Crippen LogP contribution in [0.15, 0.2) is 18.2 Å². The zero-order valence-electron chi connectivity index (χ0n) is 9.47. The normalized spacial score (nSPS) is 20.6. The van der Waals surface area contributed by atoms with E-state index in [9.17, 15) is 13.2 Å². The molecule has 1 aliphatic heterocycles. The van der Waals surface area contributed by atoms with Gasteiger partial charge in [-0.05, 0) is 31.5 Å². The van der Waals surface area contributed by atoms with Crippen LogP contribution in [0, 0.1) is 0 Å². The third-order valence-electron chi connectivity index (χ3n) is 3.00. The molecule has 1 aromatic rings. The molecular formula is C12H14F3NO. The van der Waals surface area contributed by atoms with Gasteiger partial charge in [0.25, 0.3) is 0 Å². The van der Waals surface area contributed by atoms with Crippen LogP contribution in [0.5, 0.6) is 5.75 Å². The second-order valence-corrected chi connectivity index (χ2v) is 4.10. The van der Waals surface area contributed by atoms with Crippen molar-refractivity contribution in [3.05, 3.63) is 29.3 Å². The molecule has 0 saturated carbocycles. The van der Waals surface area contributed by atoms with Crippen molar-refractivity contribution in [1.82, 2.24) is 5.32 Å². The van der Waals surface area contributed by atoms with Crippen LogP contribution in [-0.4, -0.2) is 13.7 Å². The number of methoxy groups -OCH3 is 1. The molecule has 2 rings (SSSR count). The maximum absolute atomic E-state index is 12.5. The molecule has 0 aliphatic carbocycles. The van der Waals surface area contributed by atoms with Gasteiger partial charge < -0.3 is 10.1 Å². The minimum Gasteiger partial charge on any atom is -0.496 e. The molecule has 5 heteroatoms. The summed E-state index contributed by atoms with van der Waals surface area (Å²) in [4.78, 5) is 0. The third-order valence-corrected chi connectivity index (χ3v) is 3.00. The molecular weight excluding hydrogens is 231 g/mol. The van der Waals surface area contributed by atoms with E-state index in [-0.39, 0.29) is 6.04 Å². The molecule has 1 N–H and O–H groups in total. The summed E-state index contributed by atoms with van der Waals surface area (Å²) in [7, 11) is 1.40. The summed E-state index contributed by atoms with van der Waals surface area (Å²) in [5, 5.41) is 3.24. The average Bonchev–Trinajstić information content (AvgIpc) is 2.80. The molecule has 0 radical (unpaired) electrons. The van der Waals surface area contributed by atoms with Crippen LogP contribution >= 0.6 is 0 Å². The Kier molecular flexibility index (Phi) is 3.28. The van der Waals surface area contributed by atoms with Crippen molar-refractivity contribution in [2.75, 3.05) is 13.7 Å². The highest BCUT2D eigenvalue weighted by Crippen LogP contribution is 2.36. The van der Waals surface area contributed by atoms with Gasteiger partial charge in [-0.3, -0.25) is 0 Å². The molecule has 1 fully saturated rings. The van der Waals surface area contributed by atoms with E-state index in [0.29, 0.717) is 5.75 Å². The van der Waals surface area contributed by atoms with Crippen molar-refractivity contribution in [3.8, 4) is 5.75 Å². The minimum atomic E-state index is -4.32. The summed E-state index contributed by atoms with van der Waals surface area (Å²) >= 11 is 0. The number of hydrogen-bond donors (Lipinski definition) is 1. The highest BCUT2D eigenvalue weighted by atomic mass is 19.4. The first-order chi connectivity index (χ1) is 8.02. The van der Waals surface area contributed by atoms with Gasteiger partial charge in [0, 0.05) is 11.6 Å². The fourth-order valence-corrected chi connectivity index (χ4v) is 2.13. The lowest BCUT2D eigenvalue weighted by molar-refractivity contribution is -0.137. The molecule has 0 bridgehead atoms. The van der Waals surface area contributed by atoms with Gasteiger partial charge in [0.15, 0.2) is 0 Å². The summed E-state index contributed by atoms with van der Waals surface area (Å²) in [5.74, 6) is 0.305. The number of alkyl halides is 3. The van der Waals surface area contributed by atoms with Gasteiger partial charge in [0.05, 0.1) is 12.7 Å². The van der Waals surface area contributed by atoms with Crippen LogP contribution in [0.3, 0.4) is 0 Å². The molecule has 0 amide bonds. The summed E-state index contributed by atoms with van der Waals surface area (Å²) in [6, 6.07) is 3.78. The summed E-state index contributed by atoms with van der Waals surface area (Å²) in [6.45, 7) is 0.898. The summed E-state index contributed by atoms with van der Waals surface area (Å²) in [6.07, 6.45) is -2.36. The highest BCUT2D eigenvalue weighted by Gasteiger charge is 2.32. The largest absolute Gasteiger partial charge is 0.496 e. The Morgan fingerprint density at radius 1 is 1.35 bits per heavy atom. The number of ether oxygens (including phenoxy) is 1. The first-order valence-corrected chi connectivity index (χ1v) is 5.51. The molecule has 1 atom stereocenters. The minimum absolute atomic E-state index is 0.104. The first kappa shape index (κ1) is 12.2. The number of hydrogen-bond acceptors (Lipinski definition) is 2. The van der Waals surface area contributed by atoms with E-state index in [4.69, 9.17) is 4.74 Å². The monoisotopic (exact) mass is 245 g/mol. The van der Waals surface area contributed by atoms with Crippen molar-refractivity contribution >= 4 is 0 Å². The Hall–Kier alpha value is -1.23. The van der Waals surface area contributed by atoms with E-state index in [1.807, 2.05) is 0 Å². The number of halogens is 3. The van der Waals surface area contributed by atoms with Crippen LogP contribution in [0.1, 0.15) is 30.0 Å². The van der Waals surface area contributed by atoms with E-state index in [2.05, 4.69) is 5.32 Å². The zero-order valence-corrected chi connectivity index (χ0v) is 9.47. The van der Waals surface area contributed by atoms with Crippen molar-refractivity contribution in [2.45, 2.75) is 25.1 Å². The molecule has 0 aromatic heterocycles. The standard InChI is InChI=1S/C12H14F3NO/c1-17-11-7-8(12(13,14)15)4-5-9(11)10-3-2-6-16-10/h4-5,7,10,16H,2-3,6H2,1H3/t10-/m0/s1. The van der Waals surface area contributed by atoms with E-state index >= 15 is 0 Å². The number of rotatable bonds is 2. The Balaban J connectivity index is 2.34. The molecule has 1 saturated heterocycles. The van der Waals surface area contributed by atoms with Gasteiger partial charge in [-0.1, -0.05) is 6.07 Å². The zero-order chi connectivity index (χ0) is 12.5. The van der Waals surface area contributed by atoms with Gasteiger partial charge in [-0.2, -0.15) is 13.2 Å². The van der Waals surface area contributed by atoms with Crippen molar-refractivity contribution in [1.29, 1.82) is 0 Å². The second-order valence-electron chi connectivity index (χ2n) is 4.10. The van der Waals surface area contributed by atoms with Crippen LogP contribution in [0.25, 0.3) is 0 Å². The lowest BCUT2D eigenvalue weighted by Gasteiger charge is -2.17. The van der Waals surface area contributed by atoms with Gasteiger partial charge in [0.1, 0.15) is 5.75 Å². The van der Waals surface area contributed by atoms with Gasteiger partial charge in [-0.15, -0.1) is 0 Å².